The number of aliphatic imine (C=N–C) groups is 2. The van der Waals surface area contributed by atoms with Crippen molar-refractivity contribution in [3.8, 4) is 5.75 Å². The first kappa shape index (κ1) is 23.7. The zero-order valence-corrected chi connectivity index (χ0v) is 19.2. The van der Waals surface area contributed by atoms with Crippen LogP contribution in [0.4, 0.5) is 23.2 Å². The number of halogens is 4. The minimum Gasteiger partial charge on any atom is -0.497 e. The lowest BCUT2D eigenvalue weighted by Gasteiger charge is -2.29. The number of rotatable bonds is 4. The molecule has 2 unspecified atom stereocenters. The topological polar surface area (TPSA) is 54.3 Å². The fourth-order valence-electron chi connectivity index (χ4n) is 4.69. The van der Waals surface area contributed by atoms with Crippen molar-refractivity contribution in [2.45, 2.75) is 12.2 Å². The number of methoxy groups -OCH3 is 1. The molecule has 36 heavy (non-hydrogen) atoms. The SMILES string of the molecule is COc1ccc(C2=NCCN=C3C(=O)N(c4ccc(C(F)(F)F)cc4)C(c4ccc(F)cc4)C32)cc1. The van der Waals surface area contributed by atoms with Gasteiger partial charge in [-0.05, 0) is 71.8 Å². The minimum absolute atomic E-state index is 0.274. The second kappa shape index (κ2) is 9.22. The van der Waals surface area contributed by atoms with E-state index in [4.69, 9.17) is 9.73 Å². The van der Waals surface area contributed by atoms with E-state index in [1.54, 1.807) is 31.4 Å². The van der Waals surface area contributed by atoms with Gasteiger partial charge in [-0.1, -0.05) is 12.1 Å². The molecule has 2 aliphatic heterocycles. The first-order chi connectivity index (χ1) is 17.3. The Morgan fingerprint density at radius 2 is 1.47 bits per heavy atom. The van der Waals surface area contributed by atoms with Gasteiger partial charge in [-0.25, -0.2) is 4.39 Å². The lowest BCUT2D eigenvalue weighted by atomic mass is 9.85. The maximum atomic E-state index is 13.8. The van der Waals surface area contributed by atoms with Gasteiger partial charge in [0.15, 0.2) is 0 Å². The summed E-state index contributed by atoms with van der Waals surface area (Å²) in [6.45, 7) is 0.680. The molecule has 184 valence electrons. The molecule has 0 spiro atoms. The fraction of sp³-hybridized carbons (Fsp3) is 0.222. The monoisotopic (exact) mass is 495 g/mol. The Bertz CT molecular complexity index is 1330. The molecule has 5 rings (SSSR count). The summed E-state index contributed by atoms with van der Waals surface area (Å²) in [6.07, 6.45) is -4.51. The van der Waals surface area contributed by atoms with E-state index >= 15 is 0 Å². The smallest absolute Gasteiger partial charge is 0.416 e. The summed E-state index contributed by atoms with van der Waals surface area (Å²) in [5.41, 5.74) is 1.75. The van der Waals surface area contributed by atoms with Gasteiger partial charge in [0, 0.05) is 5.69 Å². The van der Waals surface area contributed by atoms with E-state index in [2.05, 4.69) is 4.99 Å². The number of anilines is 1. The van der Waals surface area contributed by atoms with Crippen LogP contribution in [0.15, 0.2) is 82.8 Å². The van der Waals surface area contributed by atoms with E-state index in [-0.39, 0.29) is 11.4 Å². The van der Waals surface area contributed by atoms with Crippen LogP contribution in [-0.2, 0) is 11.0 Å². The average molecular weight is 495 g/mol. The predicted molar refractivity (Wildman–Crippen MR) is 128 cm³/mol. The number of alkyl halides is 3. The quantitative estimate of drug-likeness (QED) is 0.449. The van der Waals surface area contributed by atoms with E-state index in [9.17, 15) is 22.4 Å². The lowest BCUT2D eigenvalue weighted by molar-refractivity contribution is -0.137. The first-order valence-electron chi connectivity index (χ1n) is 11.3. The maximum Gasteiger partial charge on any atom is 0.416 e. The molecule has 2 aliphatic rings. The van der Waals surface area contributed by atoms with Gasteiger partial charge >= 0.3 is 6.18 Å². The van der Waals surface area contributed by atoms with Crippen LogP contribution >= 0.6 is 0 Å². The summed E-state index contributed by atoms with van der Waals surface area (Å²) in [5.74, 6) is -0.813. The number of ether oxygens (including phenoxy) is 1. The molecule has 3 aromatic rings. The summed E-state index contributed by atoms with van der Waals surface area (Å²) in [5, 5.41) is 0. The molecular formula is C27H21F4N3O2. The van der Waals surface area contributed by atoms with Crippen molar-refractivity contribution >= 4 is 23.0 Å². The second-order valence-electron chi connectivity index (χ2n) is 8.46. The summed E-state index contributed by atoms with van der Waals surface area (Å²) in [7, 11) is 1.56. The van der Waals surface area contributed by atoms with E-state index in [0.717, 1.165) is 17.7 Å². The molecule has 0 aliphatic carbocycles. The van der Waals surface area contributed by atoms with Crippen LogP contribution in [0, 0.1) is 11.7 Å². The third-order valence-electron chi connectivity index (χ3n) is 6.36. The summed E-state index contributed by atoms with van der Waals surface area (Å²) < 4.78 is 58.6. The number of hydrogen-bond acceptors (Lipinski definition) is 4. The number of carbonyl (C=O) groups is 1. The highest BCUT2D eigenvalue weighted by Gasteiger charge is 2.50. The van der Waals surface area contributed by atoms with Gasteiger partial charge in [0.2, 0.25) is 0 Å². The Morgan fingerprint density at radius 1 is 0.861 bits per heavy atom. The van der Waals surface area contributed by atoms with Crippen molar-refractivity contribution in [3.63, 3.8) is 0 Å². The number of carbonyl (C=O) groups excluding carboxylic acids is 1. The van der Waals surface area contributed by atoms with Crippen LogP contribution in [-0.4, -0.2) is 37.5 Å². The van der Waals surface area contributed by atoms with Gasteiger partial charge in [-0.3, -0.25) is 19.7 Å². The predicted octanol–water partition coefficient (Wildman–Crippen LogP) is 5.50. The van der Waals surface area contributed by atoms with Crippen molar-refractivity contribution in [1.29, 1.82) is 0 Å². The summed E-state index contributed by atoms with van der Waals surface area (Å²) in [4.78, 5) is 24.4. The van der Waals surface area contributed by atoms with Crippen LogP contribution in [0.25, 0.3) is 0 Å². The average Bonchev–Trinajstić information content (AvgIpc) is 3.01. The van der Waals surface area contributed by atoms with Gasteiger partial charge in [0.05, 0.1) is 43.4 Å². The minimum atomic E-state index is -4.51. The molecule has 0 radical (unpaired) electrons. The molecule has 9 heteroatoms. The highest BCUT2D eigenvalue weighted by Crippen LogP contribution is 2.43. The molecular weight excluding hydrogens is 474 g/mol. The van der Waals surface area contributed by atoms with Crippen molar-refractivity contribution in [3.05, 3.63) is 95.3 Å². The highest BCUT2D eigenvalue weighted by atomic mass is 19.4. The van der Waals surface area contributed by atoms with E-state index in [0.29, 0.717) is 30.1 Å². The molecule has 0 bridgehead atoms. The van der Waals surface area contributed by atoms with Crippen molar-refractivity contribution < 1.29 is 27.1 Å². The Morgan fingerprint density at radius 3 is 2.06 bits per heavy atom. The Hall–Kier alpha value is -4.01. The third-order valence-corrected chi connectivity index (χ3v) is 6.36. The zero-order valence-electron chi connectivity index (χ0n) is 19.2. The van der Waals surface area contributed by atoms with Gasteiger partial charge < -0.3 is 4.74 Å². The van der Waals surface area contributed by atoms with Crippen LogP contribution in [0.3, 0.4) is 0 Å². The van der Waals surface area contributed by atoms with Crippen molar-refractivity contribution in [1.82, 2.24) is 0 Å². The maximum absolute atomic E-state index is 13.8. The number of nitrogens with zero attached hydrogens (tertiary/aromatic N) is 3. The van der Waals surface area contributed by atoms with E-state index in [1.165, 1.54) is 29.2 Å². The normalized spacial score (nSPS) is 19.9. The van der Waals surface area contributed by atoms with Gasteiger partial charge in [-0.2, -0.15) is 13.2 Å². The standard InChI is InChI=1S/C27H21F4N3O2/c1-36-21-12-4-16(5-13-21)23-22-24(33-15-14-32-23)26(35)34(25(22)17-2-8-19(28)9-3-17)20-10-6-18(7-11-20)27(29,30)31/h2-13,22,25H,14-15H2,1H3. The number of amides is 1. The summed E-state index contributed by atoms with van der Waals surface area (Å²) in [6, 6.07) is 16.7. The molecule has 1 amide bonds. The zero-order chi connectivity index (χ0) is 25.4. The molecule has 2 atom stereocenters. The van der Waals surface area contributed by atoms with E-state index < -0.39 is 35.4 Å². The first-order valence-corrected chi connectivity index (χ1v) is 11.3. The summed E-state index contributed by atoms with van der Waals surface area (Å²) >= 11 is 0. The molecule has 2 heterocycles. The largest absolute Gasteiger partial charge is 0.497 e. The lowest BCUT2D eigenvalue weighted by Crippen LogP contribution is -2.31. The fourth-order valence-corrected chi connectivity index (χ4v) is 4.69. The molecule has 5 nitrogen and oxygen atoms in total. The number of hydrogen-bond donors (Lipinski definition) is 0. The van der Waals surface area contributed by atoms with Gasteiger partial charge in [0.25, 0.3) is 5.91 Å². The van der Waals surface area contributed by atoms with Crippen LogP contribution < -0.4 is 9.64 Å². The third kappa shape index (κ3) is 4.25. The highest BCUT2D eigenvalue weighted by molar-refractivity contribution is 6.51. The molecule has 0 aromatic heterocycles. The Kier molecular flexibility index (Phi) is 6.07. The number of benzene rings is 3. The molecule has 1 saturated heterocycles. The van der Waals surface area contributed by atoms with E-state index in [1.807, 2.05) is 12.1 Å². The second-order valence-corrected chi connectivity index (χ2v) is 8.46. The molecule has 0 N–H and O–H groups in total. The van der Waals surface area contributed by atoms with Crippen molar-refractivity contribution in [2.75, 3.05) is 25.1 Å². The molecule has 3 aromatic carbocycles. The van der Waals surface area contributed by atoms with Crippen molar-refractivity contribution in [2.24, 2.45) is 15.9 Å². The molecule has 1 fully saturated rings. The van der Waals surface area contributed by atoms with Crippen LogP contribution in [0.2, 0.25) is 0 Å². The van der Waals surface area contributed by atoms with Gasteiger partial charge in [-0.15, -0.1) is 0 Å². The van der Waals surface area contributed by atoms with Crippen LogP contribution in [0.5, 0.6) is 5.75 Å². The van der Waals surface area contributed by atoms with Crippen LogP contribution in [0.1, 0.15) is 22.7 Å². The van der Waals surface area contributed by atoms with Gasteiger partial charge in [0.1, 0.15) is 17.3 Å². The number of fused-ring (bicyclic) bond motifs is 1. The Balaban J connectivity index is 1.66. The molecule has 0 saturated carbocycles. The Labute approximate surface area is 204 Å².